The van der Waals surface area contributed by atoms with E-state index in [1.54, 1.807) is 11.3 Å². The molecule has 4 heterocycles. The molecule has 3 aromatic rings. The van der Waals surface area contributed by atoms with Gasteiger partial charge in [0.25, 0.3) is 0 Å². The zero-order valence-corrected chi connectivity index (χ0v) is 15.5. The lowest BCUT2D eigenvalue weighted by molar-refractivity contribution is 0.793. The van der Waals surface area contributed by atoms with Crippen LogP contribution in [0.3, 0.4) is 0 Å². The minimum absolute atomic E-state index is 0.861. The molecule has 1 aliphatic heterocycles. The standard InChI is InChI=1S/C16H20N6S2/c1-3-13-18-14(12-5-10-23-15(12)19-13)21-6-4-7-22(9-8-21)16-17-11(2)20-24-16/h5,10H,3-4,6-9H2,1-2H3. The molecule has 0 atom stereocenters. The summed E-state index contributed by atoms with van der Waals surface area (Å²) in [4.78, 5) is 19.9. The molecule has 0 spiro atoms. The molecule has 4 rings (SSSR count). The Hall–Kier alpha value is -1.80. The van der Waals surface area contributed by atoms with Crippen molar-refractivity contribution in [3.8, 4) is 0 Å². The number of rotatable bonds is 3. The summed E-state index contributed by atoms with van der Waals surface area (Å²) in [5, 5.41) is 4.32. The van der Waals surface area contributed by atoms with Crippen molar-refractivity contribution in [3.05, 3.63) is 23.1 Å². The van der Waals surface area contributed by atoms with Crippen LogP contribution in [0.1, 0.15) is 25.0 Å². The zero-order valence-electron chi connectivity index (χ0n) is 13.9. The molecular weight excluding hydrogens is 340 g/mol. The van der Waals surface area contributed by atoms with E-state index in [2.05, 4.69) is 42.5 Å². The highest BCUT2D eigenvalue weighted by atomic mass is 32.1. The van der Waals surface area contributed by atoms with Gasteiger partial charge in [0.2, 0.25) is 5.13 Å². The molecular formula is C16H20N6S2. The number of nitrogens with zero attached hydrogens (tertiary/aromatic N) is 6. The second kappa shape index (κ2) is 6.60. The summed E-state index contributed by atoms with van der Waals surface area (Å²) < 4.78 is 4.31. The third-order valence-corrected chi connectivity index (χ3v) is 5.93. The summed E-state index contributed by atoms with van der Waals surface area (Å²) >= 11 is 3.19. The first-order chi connectivity index (χ1) is 11.7. The van der Waals surface area contributed by atoms with Crippen molar-refractivity contribution in [2.24, 2.45) is 0 Å². The van der Waals surface area contributed by atoms with Crippen molar-refractivity contribution in [2.75, 3.05) is 36.0 Å². The van der Waals surface area contributed by atoms with E-state index in [9.17, 15) is 0 Å². The fraction of sp³-hybridized carbons (Fsp3) is 0.500. The molecule has 0 bridgehead atoms. The van der Waals surface area contributed by atoms with Gasteiger partial charge in [-0.05, 0) is 24.8 Å². The Bertz CT molecular complexity index is 842. The van der Waals surface area contributed by atoms with Crippen molar-refractivity contribution in [3.63, 3.8) is 0 Å². The van der Waals surface area contributed by atoms with Gasteiger partial charge in [0.05, 0.1) is 5.39 Å². The van der Waals surface area contributed by atoms with Crippen LogP contribution in [0.5, 0.6) is 0 Å². The molecule has 3 aromatic heterocycles. The van der Waals surface area contributed by atoms with Crippen LogP contribution in [0.4, 0.5) is 10.9 Å². The Morgan fingerprint density at radius 1 is 1.08 bits per heavy atom. The number of hydrogen-bond donors (Lipinski definition) is 0. The summed E-state index contributed by atoms with van der Waals surface area (Å²) in [5.41, 5.74) is 0. The number of fused-ring (bicyclic) bond motifs is 1. The molecule has 8 heteroatoms. The highest BCUT2D eigenvalue weighted by Gasteiger charge is 2.21. The van der Waals surface area contributed by atoms with E-state index in [-0.39, 0.29) is 0 Å². The van der Waals surface area contributed by atoms with Gasteiger partial charge in [-0.2, -0.15) is 4.37 Å². The number of aromatic nitrogens is 4. The first-order valence-corrected chi connectivity index (χ1v) is 9.94. The van der Waals surface area contributed by atoms with Crippen LogP contribution < -0.4 is 9.80 Å². The fourth-order valence-corrected chi connectivity index (χ4v) is 4.52. The lowest BCUT2D eigenvalue weighted by atomic mass is 10.3. The van der Waals surface area contributed by atoms with Crippen molar-refractivity contribution in [1.82, 2.24) is 19.3 Å². The first-order valence-electron chi connectivity index (χ1n) is 8.29. The van der Waals surface area contributed by atoms with Gasteiger partial charge in [-0.15, -0.1) is 11.3 Å². The van der Waals surface area contributed by atoms with E-state index in [0.29, 0.717) is 0 Å². The summed E-state index contributed by atoms with van der Waals surface area (Å²) in [6, 6.07) is 2.14. The van der Waals surface area contributed by atoms with Crippen molar-refractivity contribution < 1.29 is 0 Å². The molecule has 0 saturated carbocycles. The number of anilines is 2. The molecule has 24 heavy (non-hydrogen) atoms. The minimum Gasteiger partial charge on any atom is -0.354 e. The van der Waals surface area contributed by atoms with E-state index < -0.39 is 0 Å². The van der Waals surface area contributed by atoms with Gasteiger partial charge in [-0.25, -0.2) is 15.0 Å². The normalized spacial score (nSPS) is 15.9. The first kappa shape index (κ1) is 15.7. The third kappa shape index (κ3) is 2.95. The highest BCUT2D eigenvalue weighted by Crippen LogP contribution is 2.29. The molecule has 1 saturated heterocycles. The van der Waals surface area contributed by atoms with Crippen molar-refractivity contribution in [2.45, 2.75) is 26.7 Å². The summed E-state index contributed by atoms with van der Waals surface area (Å²) in [7, 11) is 0. The predicted octanol–water partition coefficient (Wildman–Crippen LogP) is 3.13. The van der Waals surface area contributed by atoms with Gasteiger partial charge >= 0.3 is 0 Å². The molecule has 1 aliphatic rings. The van der Waals surface area contributed by atoms with Crippen LogP contribution in [-0.4, -0.2) is 45.5 Å². The average molecular weight is 361 g/mol. The van der Waals surface area contributed by atoms with Gasteiger partial charge in [-0.1, -0.05) is 6.92 Å². The molecule has 0 aromatic carbocycles. The van der Waals surface area contributed by atoms with Crippen LogP contribution >= 0.6 is 22.9 Å². The maximum atomic E-state index is 4.84. The van der Waals surface area contributed by atoms with E-state index >= 15 is 0 Å². The summed E-state index contributed by atoms with van der Waals surface area (Å²) in [6.45, 7) is 7.99. The Kier molecular flexibility index (Phi) is 4.32. The van der Waals surface area contributed by atoms with Crippen LogP contribution in [0, 0.1) is 6.92 Å². The highest BCUT2D eigenvalue weighted by molar-refractivity contribution is 7.16. The molecule has 0 radical (unpaired) electrons. The fourth-order valence-electron chi connectivity index (χ4n) is 3.02. The van der Waals surface area contributed by atoms with Gasteiger partial charge in [0.15, 0.2) is 0 Å². The zero-order chi connectivity index (χ0) is 16.5. The molecule has 6 nitrogen and oxygen atoms in total. The molecule has 0 N–H and O–H groups in total. The Labute approximate surface area is 149 Å². The monoisotopic (exact) mass is 360 g/mol. The van der Waals surface area contributed by atoms with Crippen molar-refractivity contribution in [1.29, 1.82) is 0 Å². The SMILES string of the molecule is CCc1nc(N2CCCN(c3nc(C)ns3)CC2)c2ccsc2n1. The molecule has 0 aliphatic carbocycles. The topological polar surface area (TPSA) is 58.0 Å². The average Bonchev–Trinajstić information content (AvgIpc) is 3.17. The maximum absolute atomic E-state index is 4.84. The summed E-state index contributed by atoms with van der Waals surface area (Å²) in [5.74, 6) is 2.88. The quantitative estimate of drug-likeness (QED) is 0.715. The second-order valence-corrected chi connectivity index (χ2v) is 7.53. The summed E-state index contributed by atoms with van der Waals surface area (Å²) in [6.07, 6.45) is 1.96. The van der Waals surface area contributed by atoms with Gasteiger partial charge < -0.3 is 9.80 Å². The van der Waals surface area contributed by atoms with Crippen LogP contribution in [0.25, 0.3) is 10.2 Å². The Morgan fingerprint density at radius 3 is 2.71 bits per heavy atom. The smallest absolute Gasteiger partial charge is 0.205 e. The van der Waals surface area contributed by atoms with Gasteiger partial charge in [0.1, 0.15) is 22.3 Å². The molecule has 0 amide bonds. The molecule has 1 fully saturated rings. The lowest BCUT2D eigenvalue weighted by Crippen LogP contribution is -2.31. The molecule has 0 unspecified atom stereocenters. The van der Waals surface area contributed by atoms with Crippen LogP contribution in [0.2, 0.25) is 0 Å². The number of aryl methyl sites for hydroxylation is 2. The van der Waals surface area contributed by atoms with E-state index in [1.807, 2.05) is 6.92 Å². The number of hydrogen-bond acceptors (Lipinski definition) is 8. The van der Waals surface area contributed by atoms with E-state index in [1.165, 1.54) is 16.9 Å². The minimum atomic E-state index is 0.861. The Balaban J connectivity index is 1.60. The Morgan fingerprint density at radius 2 is 1.92 bits per heavy atom. The second-order valence-electron chi connectivity index (χ2n) is 5.91. The van der Waals surface area contributed by atoms with Gasteiger partial charge in [0, 0.05) is 44.1 Å². The van der Waals surface area contributed by atoms with Crippen LogP contribution in [0.15, 0.2) is 11.4 Å². The third-order valence-electron chi connectivity index (χ3n) is 4.25. The lowest BCUT2D eigenvalue weighted by Gasteiger charge is -2.23. The van der Waals surface area contributed by atoms with E-state index in [4.69, 9.17) is 4.98 Å². The maximum Gasteiger partial charge on any atom is 0.205 e. The van der Waals surface area contributed by atoms with E-state index in [0.717, 1.165) is 66.4 Å². The number of thiophene rings is 1. The van der Waals surface area contributed by atoms with Gasteiger partial charge in [-0.3, -0.25) is 0 Å². The largest absolute Gasteiger partial charge is 0.354 e. The predicted molar refractivity (Wildman–Crippen MR) is 100 cm³/mol. The van der Waals surface area contributed by atoms with Crippen molar-refractivity contribution >= 4 is 44.0 Å². The van der Waals surface area contributed by atoms with Crippen LogP contribution in [-0.2, 0) is 6.42 Å². The molecule has 126 valence electrons.